The minimum Gasteiger partial charge on any atom is -0.508 e. The van der Waals surface area contributed by atoms with Crippen LogP contribution in [0.25, 0.3) is 22.3 Å². The predicted molar refractivity (Wildman–Crippen MR) is 128 cm³/mol. The maximum atomic E-state index is 13.4. The fourth-order valence-corrected chi connectivity index (χ4v) is 4.27. The van der Waals surface area contributed by atoms with E-state index in [-0.39, 0.29) is 40.4 Å². The van der Waals surface area contributed by atoms with Crippen molar-refractivity contribution >= 4 is 11.0 Å². The van der Waals surface area contributed by atoms with Crippen molar-refractivity contribution in [2.24, 2.45) is 0 Å². The number of hydrogen-bond donors (Lipinski definition) is 8. The number of aliphatic hydroxyl groups excluding tert-OH is 6. The minimum absolute atomic E-state index is 0.176. The van der Waals surface area contributed by atoms with Crippen molar-refractivity contribution in [3.05, 3.63) is 46.6 Å². The molecule has 210 valence electrons. The minimum atomic E-state index is -1.74. The first-order chi connectivity index (χ1) is 18.5. The normalized spacial score (nSPS) is 31.2. The molecule has 2 aliphatic rings. The van der Waals surface area contributed by atoms with Crippen molar-refractivity contribution in [1.29, 1.82) is 0 Å². The lowest BCUT2D eigenvalue weighted by atomic mass is 10.1. The van der Waals surface area contributed by atoms with E-state index in [0.29, 0.717) is 0 Å². The van der Waals surface area contributed by atoms with Gasteiger partial charge in [0.2, 0.25) is 23.8 Å². The predicted octanol–water partition coefficient (Wildman–Crippen LogP) is -1.49. The molecule has 0 bridgehead atoms. The second kappa shape index (κ2) is 10.6. The highest BCUT2D eigenvalue weighted by Gasteiger charge is 2.41. The SMILES string of the molecule is O=c1c(O[C@@H]2OC[C@@H](O)C(O)C2O)c(-c2ccc(O[C@@H]3OC[C@@H](O)C(O)C3O)cc2)oc2cc(O)cc(O)c12. The van der Waals surface area contributed by atoms with Gasteiger partial charge in [-0.25, -0.2) is 0 Å². The summed E-state index contributed by atoms with van der Waals surface area (Å²) in [6.45, 7) is -0.659. The van der Waals surface area contributed by atoms with E-state index in [9.17, 15) is 45.6 Å². The van der Waals surface area contributed by atoms with Crippen molar-refractivity contribution in [2.45, 2.75) is 49.2 Å². The van der Waals surface area contributed by atoms with Crippen LogP contribution in [-0.2, 0) is 9.47 Å². The Labute approximate surface area is 219 Å². The molecule has 5 rings (SSSR count). The first-order valence-electron chi connectivity index (χ1n) is 11.8. The highest BCUT2D eigenvalue weighted by molar-refractivity contribution is 5.88. The maximum absolute atomic E-state index is 13.4. The van der Waals surface area contributed by atoms with Gasteiger partial charge in [-0.2, -0.15) is 0 Å². The van der Waals surface area contributed by atoms with Gasteiger partial charge in [-0.05, 0) is 24.3 Å². The summed E-state index contributed by atoms with van der Waals surface area (Å²) in [5.41, 5.74) is -0.843. The van der Waals surface area contributed by atoms with Crippen LogP contribution in [0.1, 0.15) is 0 Å². The lowest BCUT2D eigenvalue weighted by Crippen LogP contribution is -2.55. The first-order valence-corrected chi connectivity index (χ1v) is 11.8. The van der Waals surface area contributed by atoms with Gasteiger partial charge >= 0.3 is 0 Å². The van der Waals surface area contributed by atoms with Gasteiger partial charge in [-0.1, -0.05) is 0 Å². The molecule has 2 fully saturated rings. The van der Waals surface area contributed by atoms with Gasteiger partial charge in [0.05, 0.1) is 13.2 Å². The Bertz CT molecular complexity index is 1390. The Hall–Kier alpha value is -3.47. The van der Waals surface area contributed by atoms with Gasteiger partial charge in [-0.15, -0.1) is 0 Å². The van der Waals surface area contributed by atoms with Crippen LogP contribution in [0.15, 0.2) is 45.6 Å². The molecule has 0 aliphatic carbocycles. The molecule has 8 atom stereocenters. The van der Waals surface area contributed by atoms with E-state index in [1.165, 1.54) is 24.3 Å². The molecule has 3 heterocycles. The zero-order valence-electron chi connectivity index (χ0n) is 20.0. The molecule has 39 heavy (non-hydrogen) atoms. The summed E-state index contributed by atoms with van der Waals surface area (Å²) in [5.74, 6) is -1.51. The number of phenolic OH excluding ortho intramolecular Hbond substituents is 2. The molecule has 0 radical (unpaired) electrons. The third-order valence-corrected chi connectivity index (χ3v) is 6.43. The third-order valence-electron chi connectivity index (χ3n) is 6.43. The maximum Gasteiger partial charge on any atom is 0.239 e. The molecular weight excluding hydrogens is 524 g/mol. The smallest absolute Gasteiger partial charge is 0.239 e. The summed E-state index contributed by atoms with van der Waals surface area (Å²) in [6, 6.07) is 7.75. The Balaban J connectivity index is 1.51. The topological polar surface area (TPSA) is 229 Å². The molecule has 2 aromatic carbocycles. The Morgan fingerprint density at radius 3 is 1.90 bits per heavy atom. The highest BCUT2D eigenvalue weighted by atomic mass is 16.7. The number of phenols is 2. The Kier molecular flexibility index (Phi) is 7.37. The highest BCUT2D eigenvalue weighted by Crippen LogP contribution is 2.37. The summed E-state index contributed by atoms with van der Waals surface area (Å²) in [5, 5.41) is 79.4. The largest absolute Gasteiger partial charge is 0.508 e. The fraction of sp³-hybridized carbons (Fsp3) is 0.400. The monoisotopic (exact) mass is 550 g/mol. The molecule has 1 aromatic heterocycles. The average Bonchev–Trinajstić information content (AvgIpc) is 2.90. The van der Waals surface area contributed by atoms with Crippen LogP contribution >= 0.6 is 0 Å². The number of hydrogen-bond acceptors (Lipinski definition) is 14. The van der Waals surface area contributed by atoms with Crippen molar-refractivity contribution in [3.8, 4) is 34.3 Å². The Morgan fingerprint density at radius 2 is 1.31 bits per heavy atom. The van der Waals surface area contributed by atoms with Gasteiger partial charge in [0, 0.05) is 17.7 Å². The van der Waals surface area contributed by atoms with Crippen LogP contribution in [0.4, 0.5) is 0 Å². The third kappa shape index (κ3) is 5.11. The number of rotatable bonds is 5. The molecule has 0 amide bonds. The van der Waals surface area contributed by atoms with Crippen LogP contribution in [0.3, 0.4) is 0 Å². The molecule has 14 heteroatoms. The van der Waals surface area contributed by atoms with Crippen LogP contribution in [0, 0.1) is 0 Å². The lowest BCUT2D eigenvalue weighted by Gasteiger charge is -2.35. The second-order valence-corrected chi connectivity index (χ2v) is 9.19. The van der Waals surface area contributed by atoms with E-state index in [1.807, 2.05) is 0 Å². The molecule has 14 nitrogen and oxygen atoms in total. The standard InChI is InChI=1S/C25H26O14/c26-10-5-12(27)16-15(6-10)38-22(23(19(16)32)39-25-21(34)18(31)14(29)8-36-25)9-1-3-11(4-2-9)37-24-20(33)17(30)13(28)7-35-24/h1-6,13-14,17-18,20-21,24-31,33-34H,7-8H2/t13-,14-,17?,18?,20?,21?,24+,25+/m1/s1. The number of aromatic hydroxyl groups is 2. The quantitative estimate of drug-likeness (QED) is 0.181. The summed E-state index contributed by atoms with van der Waals surface area (Å²) in [6.07, 6.45) is -11.9. The van der Waals surface area contributed by atoms with Gasteiger partial charge in [0.25, 0.3) is 0 Å². The number of fused-ring (bicyclic) bond motifs is 1. The summed E-state index contributed by atoms with van der Waals surface area (Å²) < 4.78 is 27.5. The van der Waals surface area contributed by atoms with Gasteiger partial charge in [0.15, 0.2) is 5.76 Å². The van der Waals surface area contributed by atoms with E-state index >= 15 is 0 Å². The summed E-state index contributed by atoms with van der Waals surface area (Å²) in [7, 11) is 0. The summed E-state index contributed by atoms with van der Waals surface area (Å²) in [4.78, 5) is 13.4. The molecule has 4 unspecified atom stereocenters. The van der Waals surface area contributed by atoms with Gasteiger partial charge in [-0.3, -0.25) is 4.79 Å². The molecule has 2 saturated heterocycles. The van der Waals surface area contributed by atoms with Crippen LogP contribution in [-0.4, -0.2) is 103 Å². The number of ether oxygens (including phenoxy) is 4. The first kappa shape index (κ1) is 27.1. The van der Waals surface area contributed by atoms with Crippen molar-refractivity contribution < 1.29 is 64.2 Å². The molecule has 0 spiro atoms. The van der Waals surface area contributed by atoms with Crippen LogP contribution in [0.2, 0.25) is 0 Å². The van der Waals surface area contributed by atoms with Crippen LogP contribution in [0.5, 0.6) is 23.0 Å². The van der Waals surface area contributed by atoms with Gasteiger partial charge < -0.3 is 64.2 Å². The zero-order chi connectivity index (χ0) is 28.0. The van der Waals surface area contributed by atoms with E-state index in [0.717, 1.165) is 12.1 Å². The number of aliphatic hydroxyl groups is 6. The molecular formula is C25H26O14. The van der Waals surface area contributed by atoms with Crippen molar-refractivity contribution in [1.82, 2.24) is 0 Å². The van der Waals surface area contributed by atoms with Crippen molar-refractivity contribution in [3.63, 3.8) is 0 Å². The Morgan fingerprint density at radius 1 is 0.744 bits per heavy atom. The van der Waals surface area contributed by atoms with Crippen molar-refractivity contribution in [2.75, 3.05) is 13.2 Å². The van der Waals surface area contributed by atoms with E-state index < -0.39 is 72.7 Å². The summed E-state index contributed by atoms with van der Waals surface area (Å²) >= 11 is 0. The fourth-order valence-electron chi connectivity index (χ4n) is 4.27. The molecule has 8 N–H and O–H groups in total. The second-order valence-electron chi connectivity index (χ2n) is 9.19. The van der Waals surface area contributed by atoms with Gasteiger partial charge in [0.1, 0.15) is 64.8 Å². The van der Waals surface area contributed by atoms with E-state index in [4.69, 9.17) is 23.4 Å². The number of benzene rings is 2. The van der Waals surface area contributed by atoms with E-state index in [1.54, 1.807) is 0 Å². The zero-order valence-corrected chi connectivity index (χ0v) is 20.0. The molecule has 3 aromatic rings. The van der Waals surface area contributed by atoms with E-state index in [2.05, 4.69) is 0 Å². The van der Waals surface area contributed by atoms with Crippen LogP contribution < -0.4 is 14.9 Å². The average molecular weight is 550 g/mol. The molecule has 0 saturated carbocycles. The molecule has 2 aliphatic heterocycles. The lowest BCUT2D eigenvalue weighted by molar-refractivity contribution is -0.242.